The normalized spacial score (nSPS) is 13.2. The standard InChI is InChI=1S/C10H16F3N3/c1-9(2,14)5-4-7-6-16(3)15-8(7)10(11,12)13/h6H,4-5,14H2,1-3H3. The summed E-state index contributed by atoms with van der Waals surface area (Å²) in [4.78, 5) is 0. The second-order valence-corrected chi connectivity index (χ2v) is 4.66. The summed E-state index contributed by atoms with van der Waals surface area (Å²) in [6.45, 7) is 3.58. The molecule has 0 bridgehead atoms. The zero-order chi connectivity index (χ0) is 12.6. The number of nitrogens with two attached hydrogens (primary N) is 1. The molecule has 0 aliphatic heterocycles. The van der Waals surface area contributed by atoms with Gasteiger partial charge >= 0.3 is 6.18 Å². The van der Waals surface area contributed by atoms with Crippen LogP contribution < -0.4 is 5.73 Å². The van der Waals surface area contributed by atoms with Crippen molar-refractivity contribution in [1.82, 2.24) is 9.78 Å². The molecular formula is C10H16F3N3. The smallest absolute Gasteiger partial charge is 0.326 e. The van der Waals surface area contributed by atoms with Gasteiger partial charge in [-0.3, -0.25) is 4.68 Å². The minimum atomic E-state index is -4.39. The van der Waals surface area contributed by atoms with E-state index in [0.717, 1.165) is 0 Å². The van der Waals surface area contributed by atoms with E-state index in [2.05, 4.69) is 5.10 Å². The summed E-state index contributed by atoms with van der Waals surface area (Å²) in [6, 6.07) is 0. The third-order valence-electron chi connectivity index (χ3n) is 2.21. The van der Waals surface area contributed by atoms with Gasteiger partial charge in [0.2, 0.25) is 0 Å². The molecule has 1 aromatic rings. The maximum Gasteiger partial charge on any atom is 0.435 e. The quantitative estimate of drug-likeness (QED) is 0.872. The van der Waals surface area contributed by atoms with Crippen molar-refractivity contribution in [2.75, 3.05) is 0 Å². The fourth-order valence-corrected chi connectivity index (χ4v) is 1.42. The molecule has 2 N–H and O–H groups in total. The van der Waals surface area contributed by atoms with E-state index in [9.17, 15) is 13.2 Å². The van der Waals surface area contributed by atoms with Gasteiger partial charge in [-0.25, -0.2) is 0 Å². The van der Waals surface area contributed by atoms with Gasteiger partial charge in [-0.05, 0) is 26.7 Å². The lowest BCUT2D eigenvalue weighted by atomic mass is 9.97. The van der Waals surface area contributed by atoms with Crippen LogP contribution in [0.5, 0.6) is 0 Å². The van der Waals surface area contributed by atoms with Crippen LogP contribution >= 0.6 is 0 Å². The summed E-state index contributed by atoms with van der Waals surface area (Å²) in [7, 11) is 1.48. The third kappa shape index (κ3) is 3.52. The van der Waals surface area contributed by atoms with E-state index in [0.29, 0.717) is 6.42 Å². The van der Waals surface area contributed by atoms with E-state index < -0.39 is 17.4 Å². The largest absolute Gasteiger partial charge is 0.435 e. The van der Waals surface area contributed by atoms with Gasteiger partial charge in [0, 0.05) is 24.3 Å². The number of halogens is 3. The summed E-state index contributed by atoms with van der Waals surface area (Å²) < 4.78 is 38.9. The molecule has 0 spiro atoms. The van der Waals surface area contributed by atoms with Crippen molar-refractivity contribution in [3.8, 4) is 0 Å². The van der Waals surface area contributed by atoms with Crippen molar-refractivity contribution in [3.05, 3.63) is 17.5 Å². The molecule has 0 saturated heterocycles. The first-order chi connectivity index (χ1) is 7.09. The van der Waals surface area contributed by atoms with Gasteiger partial charge < -0.3 is 5.73 Å². The molecule has 0 unspecified atom stereocenters. The molecule has 6 heteroatoms. The molecule has 1 heterocycles. The van der Waals surface area contributed by atoms with Crippen LogP contribution in [0.2, 0.25) is 0 Å². The van der Waals surface area contributed by atoms with Crippen molar-refractivity contribution < 1.29 is 13.2 Å². The number of rotatable bonds is 3. The molecule has 92 valence electrons. The fourth-order valence-electron chi connectivity index (χ4n) is 1.42. The van der Waals surface area contributed by atoms with E-state index in [4.69, 9.17) is 5.73 Å². The highest BCUT2D eigenvalue weighted by Crippen LogP contribution is 2.31. The topological polar surface area (TPSA) is 43.8 Å². The molecular weight excluding hydrogens is 219 g/mol. The van der Waals surface area contributed by atoms with E-state index in [1.165, 1.54) is 17.9 Å². The Morgan fingerprint density at radius 2 is 1.94 bits per heavy atom. The Hall–Kier alpha value is -1.04. The predicted molar refractivity (Wildman–Crippen MR) is 54.8 cm³/mol. The lowest BCUT2D eigenvalue weighted by molar-refractivity contribution is -0.142. The monoisotopic (exact) mass is 235 g/mol. The van der Waals surface area contributed by atoms with Crippen molar-refractivity contribution in [3.63, 3.8) is 0 Å². The zero-order valence-corrected chi connectivity index (χ0v) is 9.60. The first-order valence-electron chi connectivity index (χ1n) is 4.98. The lowest BCUT2D eigenvalue weighted by Crippen LogP contribution is -2.32. The number of aryl methyl sites for hydroxylation is 2. The Morgan fingerprint density at radius 1 is 1.38 bits per heavy atom. The molecule has 0 aromatic carbocycles. The van der Waals surface area contributed by atoms with Crippen molar-refractivity contribution >= 4 is 0 Å². The third-order valence-corrected chi connectivity index (χ3v) is 2.21. The Bertz CT molecular complexity index is 360. The summed E-state index contributed by atoms with van der Waals surface area (Å²) in [6.07, 6.45) is -2.22. The van der Waals surface area contributed by atoms with Gasteiger partial charge in [0.1, 0.15) is 0 Å². The lowest BCUT2D eigenvalue weighted by Gasteiger charge is -2.18. The number of hydrogen-bond acceptors (Lipinski definition) is 2. The Kier molecular flexibility index (Phi) is 3.33. The van der Waals surface area contributed by atoms with Gasteiger partial charge in [-0.2, -0.15) is 18.3 Å². The van der Waals surface area contributed by atoms with Gasteiger partial charge in [0.05, 0.1) is 0 Å². The Labute approximate surface area is 92.4 Å². The highest BCUT2D eigenvalue weighted by Gasteiger charge is 2.36. The maximum atomic E-state index is 12.6. The van der Waals surface area contributed by atoms with Gasteiger partial charge in [0.25, 0.3) is 0 Å². The van der Waals surface area contributed by atoms with Crippen LogP contribution in [0.3, 0.4) is 0 Å². The second kappa shape index (κ2) is 4.08. The summed E-state index contributed by atoms with van der Waals surface area (Å²) in [5.74, 6) is 0. The molecule has 1 aromatic heterocycles. The molecule has 0 radical (unpaired) electrons. The molecule has 0 fully saturated rings. The van der Waals surface area contributed by atoms with E-state index in [1.807, 2.05) is 0 Å². The molecule has 3 nitrogen and oxygen atoms in total. The maximum absolute atomic E-state index is 12.6. The average molecular weight is 235 g/mol. The molecule has 0 aliphatic rings. The van der Waals surface area contributed by atoms with Crippen LogP contribution in [0.1, 0.15) is 31.5 Å². The molecule has 0 aliphatic carbocycles. The van der Waals surface area contributed by atoms with Gasteiger partial charge in [-0.15, -0.1) is 0 Å². The van der Waals surface area contributed by atoms with Crippen molar-refractivity contribution in [2.45, 2.75) is 38.4 Å². The van der Waals surface area contributed by atoms with Crippen LogP contribution in [-0.2, 0) is 19.6 Å². The van der Waals surface area contributed by atoms with Crippen LogP contribution in [0, 0.1) is 0 Å². The Morgan fingerprint density at radius 3 is 2.38 bits per heavy atom. The van der Waals surface area contributed by atoms with Crippen molar-refractivity contribution in [2.24, 2.45) is 12.8 Å². The van der Waals surface area contributed by atoms with Crippen LogP contribution in [0.25, 0.3) is 0 Å². The minimum absolute atomic E-state index is 0.202. The van der Waals surface area contributed by atoms with Gasteiger partial charge in [0.15, 0.2) is 5.69 Å². The van der Waals surface area contributed by atoms with E-state index in [1.54, 1.807) is 13.8 Å². The number of alkyl halides is 3. The molecule has 0 saturated carbocycles. The average Bonchev–Trinajstić information content (AvgIpc) is 2.41. The first kappa shape index (κ1) is 13.0. The first-order valence-corrected chi connectivity index (χ1v) is 4.98. The fraction of sp³-hybridized carbons (Fsp3) is 0.700. The highest BCUT2D eigenvalue weighted by atomic mass is 19.4. The summed E-state index contributed by atoms with van der Waals surface area (Å²) in [5.41, 5.74) is 4.66. The predicted octanol–water partition coefficient (Wildman–Crippen LogP) is 2.11. The van der Waals surface area contributed by atoms with Gasteiger partial charge in [-0.1, -0.05) is 0 Å². The van der Waals surface area contributed by atoms with Crippen molar-refractivity contribution in [1.29, 1.82) is 0 Å². The highest BCUT2D eigenvalue weighted by molar-refractivity contribution is 5.20. The molecule has 1 rings (SSSR count). The molecule has 0 atom stereocenters. The number of hydrogen-bond donors (Lipinski definition) is 1. The SMILES string of the molecule is Cn1cc(CCC(C)(C)N)c(C(F)(F)F)n1. The number of nitrogens with zero attached hydrogens (tertiary/aromatic N) is 2. The van der Waals surface area contributed by atoms with E-state index >= 15 is 0 Å². The Balaban J connectivity index is 2.88. The van der Waals surface area contributed by atoms with E-state index in [-0.39, 0.29) is 12.0 Å². The van der Waals surface area contributed by atoms with Crippen LogP contribution in [0.15, 0.2) is 6.20 Å². The summed E-state index contributed by atoms with van der Waals surface area (Å²) in [5, 5.41) is 3.43. The van der Waals surface area contributed by atoms with Crippen LogP contribution in [-0.4, -0.2) is 15.3 Å². The van der Waals surface area contributed by atoms with Crippen LogP contribution in [0.4, 0.5) is 13.2 Å². The number of aromatic nitrogens is 2. The second-order valence-electron chi connectivity index (χ2n) is 4.66. The molecule has 0 amide bonds. The molecule has 16 heavy (non-hydrogen) atoms. The zero-order valence-electron chi connectivity index (χ0n) is 9.60. The minimum Gasteiger partial charge on any atom is -0.326 e. The summed E-state index contributed by atoms with van der Waals surface area (Å²) >= 11 is 0.